The van der Waals surface area contributed by atoms with Gasteiger partial charge in [0.05, 0.1) is 18.2 Å². The number of benzene rings is 2. The second-order valence-electron chi connectivity index (χ2n) is 5.40. The molecule has 0 aliphatic heterocycles. The molecule has 0 unspecified atom stereocenters. The Labute approximate surface area is 165 Å². The Kier molecular flexibility index (Phi) is 7.73. The molecular weight excluding hydrogens is 388 g/mol. The van der Waals surface area contributed by atoms with E-state index in [0.29, 0.717) is 11.3 Å². The molecule has 2 N–H and O–H groups in total. The van der Waals surface area contributed by atoms with Crippen LogP contribution in [0.2, 0.25) is 0 Å². The molecule has 10 heteroatoms. The largest absolute Gasteiger partial charge is 0.490 e. The first-order valence-corrected chi connectivity index (χ1v) is 8.36. The van der Waals surface area contributed by atoms with Crippen molar-refractivity contribution < 1.29 is 32.6 Å². The third-order valence-corrected chi connectivity index (χ3v) is 3.39. The van der Waals surface area contributed by atoms with Crippen molar-refractivity contribution in [2.24, 2.45) is 0 Å². The van der Waals surface area contributed by atoms with Gasteiger partial charge >= 0.3 is 6.61 Å². The molecule has 0 radical (unpaired) electrons. The van der Waals surface area contributed by atoms with Crippen molar-refractivity contribution in [3.05, 3.63) is 53.6 Å². The second-order valence-corrected chi connectivity index (χ2v) is 5.40. The minimum absolute atomic E-state index is 0.0316. The minimum Gasteiger partial charge on any atom is -0.490 e. The predicted octanol–water partition coefficient (Wildman–Crippen LogP) is 2.40. The summed E-state index contributed by atoms with van der Waals surface area (Å²) in [6.07, 6.45) is 0. The summed E-state index contributed by atoms with van der Waals surface area (Å²) in [7, 11) is 0. The zero-order chi connectivity index (χ0) is 21.2. The Morgan fingerprint density at radius 1 is 1.07 bits per heavy atom. The van der Waals surface area contributed by atoms with Crippen molar-refractivity contribution in [2.75, 3.05) is 13.2 Å². The van der Waals surface area contributed by atoms with Gasteiger partial charge in [-0.2, -0.15) is 14.0 Å². The Hall–Kier alpha value is -3.87. The van der Waals surface area contributed by atoms with Crippen molar-refractivity contribution in [3.63, 3.8) is 0 Å². The molecular formula is C19H17F2N3O5. The number of hydrogen-bond donors (Lipinski definition) is 2. The lowest BCUT2D eigenvalue weighted by molar-refractivity contribution is -0.123. The van der Waals surface area contributed by atoms with Crippen LogP contribution in [0.4, 0.5) is 8.78 Å². The Morgan fingerprint density at radius 2 is 1.79 bits per heavy atom. The molecule has 29 heavy (non-hydrogen) atoms. The van der Waals surface area contributed by atoms with Gasteiger partial charge in [-0.15, -0.1) is 0 Å². The van der Waals surface area contributed by atoms with Gasteiger partial charge in [-0.25, -0.2) is 0 Å². The monoisotopic (exact) mass is 405 g/mol. The average Bonchev–Trinajstić information content (AvgIpc) is 2.72. The van der Waals surface area contributed by atoms with Crippen LogP contribution < -0.4 is 25.1 Å². The number of ether oxygens (including phenoxy) is 3. The third kappa shape index (κ3) is 6.66. The van der Waals surface area contributed by atoms with Gasteiger partial charge < -0.3 is 14.2 Å². The lowest BCUT2D eigenvalue weighted by atomic mass is 10.2. The molecule has 0 saturated carbocycles. The van der Waals surface area contributed by atoms with E-state index in [2.05, 4.69) is 15.6 Å². The van der Waals surface area contributed by atoms with Crippen LogP contribution >= 0.6 is 0 Å². The number of halogens is 2. The van der Waals surface area contributed by atoms with Gasteiger partial charge in [-0.05, 0) is 49.4 Å². The van der Waals surface area contributed by atoms with Gasteiger partial charge in [0.2, 0.25) is 0 Å². The highest BCUT2D eigenvalue weighted by atomic mass is 19.3. The first-order chi connectivity index (χ1) is 13.9. The zero-order valence-electron chi connectivity index (χ0n) is 15.3. The summed E-state index contributed by atoms with van der Waals surface area (Å²) < 4.78 is 39.6. The smallest absolute Gasteiger partial charge is 0.387 e. The average molecular weight is 405 g/mol. The highest BCUT2D eigenvalue weighted by Gasteiger charge is 2.15. The van der Waals surface area contributed by atoms with Gasteiger partial charge in [0, 0.05) is 5.56 Å². The van der Waals surface area contributed by atoms with Crippen LogP contribution in [0, 0.1) is 11.3 Å². The normalized spacial score (nSPS) is 10.0. The van der Waals surface area contributed by atoms with Crippen LogP contribution in [-0.2, 0) is 4.79 Å². The summed E-state index contributed by atoms with van der Waals surface area (Å²) in [5.41, 5.74) is 4.85. The number of rotatable bonds is 8. The number of hydrogen-bond acceptors (Lipinski definition) is 6. The van der Waals surface area contributed by atoms with Gasteiger partial charge in [-0.3, -0.25) is 20.4 Å². The van der Waals surface area contributed by atoms with E-state index in [1.165, 1.54) is 42.5 Å². The molecule has 0 bridgehead atoms. The van der Waals surface area contributed by atoms with Crippen molar-refractivity contribution in [3.8, 4) is 23.3 Å². The molecule has 0 fully saturated rings. The van der Waals surface area contributed by atoms with Crippen LogP contribution in [0.1, 0.15) is 22.8 Å². The summed E-state index contributed by atoms with van der Waals surface area (Å²) in [6.45, 7) is -1.59. The standard InChI is InChI=1S/C19H17F2N3O5/c1-2-27-16-9-13(5-8-15(16)29-19(20)21)18(26)24-23-17(25)11-28-14-6-3-12(10-22)4-7-14/h3-9,19H,2,11H2,1H3,(H,23,25)(H,24,26). The molecule has 0 atom stereocenters. The number of nitrogens with zero attached hydrogens (tertiary/aromatic N) is 1. The third-order valence-electron chi connectivity index (χ3n) is 3.39. The Balaban J connectivity index is 1.89. The number of amides is 2. The maximum absolute atomic E-state index is 12.4. The van der Waals surface area contributed by atoms with E-state index in [9.17, 15) is 18.4 Å². The number of hydrazine groups is 1. The zero-order valence-corrected chi connectivity index (χ0v) is 15.3. The van der Waals surface area contributed by atoms with Crippen molar-refractivity contribution >= 4 is 11.8 Å². The van der Waals surface area contributed by atoms with E-state index < -0.39 is 18.4 Å². The lowest BCUT2D eigenvalue weighted by Gasteiger charge is -2.13. The maximum atomic E-state index is 12.4. The highest BCUT2D eigenvalue weighted by Crippen LogP contribution is 2.29. The molecule has 8 nitrogen and oxygen atoms in total. The molecule has 2 amide bonds. The summed E-state index contributed by atoms with van der Waals surface area (Å²) in [5.74, 6) is -1.19. The van der Waals surface area contributed by atoms with Gasteiger partial charge in [0.1, 0.15) is 5.75 Å². The molecule has 2 rings (SSSR count). The number of carbonyl (C=O) groups is 2. The molecule has 0 aliphatic carbocycles. The van der Waals surface area contributed by atoms with Crippen LogP contribution in [-0.4, -0.2) is 31.6 Å². The summed E-state index contributed by atoms with van der Waals surface area (Å²) in [5, 5.41) is 8.72. The minimum atomic E-state index is -3.04. The molecule has 0 spiro atoms. The van der Waals surface area contributed by atoms with Crippen molar-refractivity contribution in [2.45, 2.75) is 13.5 Å². The van der Waals surface area contributed by atoms with Gasteiger partial charge in [0.15, 0.2) is 18.1 Å². The fourth-order valence-electron chi connectivity index (χ4n) is 2.12. The first-order valence-electron chi connectivity index (χ1n) is 8.36. The van der Waals surface area contributed by atoms with Crippen molar-refractivity contribution in [1.82, 2.24) is 10.9 Å². The van der Waals surface area contributed by atoms with E-state index in [-0.39, 0.29) is 30.3 Å². The first kappa shape index (κ1) is 21.4. The molecule has 152 valence electrons. The number of carbonyl (C=O) groups excluding carboxylic acids is 2. The maximum Gasteiger partial charge on any atom is 0.387 e. The van der Waals surface area contributed by atoms with Gasteiger partial charge in [-0.1, -0.05) is 0 Å². The molecule has 0 aliphatic rings. The number of nitrogens with one attached hydrogen (secondary N) is 2. The fourth-order valence-corrected chi connectivity index (χ4v) is 2.12. The Bertz CT molecular complexity index is 898. The Morgan fingerprint density at radius 3 is 2.41 bits per heavy atom. The van der Waals surface area contributed by atoms with Gasteiger partial charge in [0.25, 0.3) is 11.8 Å². The van der Waals surface area contributed by atoms with Crippen LogP contribution in [0.3, 0.4) is 0 Å². The van der Waals surface area contributed by atoms with E-state index >= 15 is 0 Å². The predicted molar refractivity (Wildman–Crippen MR) is 96.5 cm³/mol. The van der Waals surface area contributed by atoms with E-state index in [4.69, 9.17) is 14.7 Å². The molecule has 0 saturated heterocycles. The van der Waals surface area contributed by atoms with Crippen molar-refractivity contribution in [1.29, 1.82) is 5.26 Å². The van der Waals surface area contributed by atoms with Crippen LogP contribution in [0.15, 0.2) is 42.5 Å². The summed E-state index contributed by atoms with van der Waals surface area (Å²) >= 11 is 0. The molecule has 2 aromatic rings. The van der Waals surface area contributed by atoms with Crippen LogP contribution in [0.5, 0.6) is 17.2 Å². The number of alkyl halides is 2. The molecule has 2 aromatic carbocycles. The van der Waals surface area contributed by atoms with E-state index in [0.717, 1.165) is 0 Å². The summed E-state index contributed by atoms with van der Waals surface area (Å²) in [6, 6.07) is 11.7. The number of nitriles is 1. The molecule has 0 aromatic heterocycles. The lowest BCUT2D eigenvalue weighted by Crippen LogP contribution is -2.43. The quantitative estimate of drug-likeness (QED) is 0.653. The summed E-state index contributed by atoms with van der Waals surface area (Å²) in [4.78, 5) is 23.9. The highest BCUT2D eigenvalue weighted by molar-refractivity contribution is 5.96. The van der Waals surface area contributed by atoms with E-state index in [1.807, 2.05) is 6.07 Å². The SMILES string of the molecule is CCOc1cc(C(=O)NNC(=O)COc2ccc(C#N)cc2)ccc1OC(F)F. The molecule has 0 heterocycles. The second kappa shape index (κ2) is 10.5. The topological polar surface area (TPSA) is 110 Å². The fraction of sp³-hybridized carbons (Fsp3) is 0.211. The van der Waals surface area contributed by atoms with E-state index in [1.54, 1.807) is 6.92 Å². The van der Waals surface area contributed by atoms with Crippen LogP contribution in [0.25, 0.3) is 0 Å².